The SMILES string of the molecule is COc1ccccc1C1SCCN1C(=O)C=CC(=O)O. The molecule has 1 aliphatic rings. The number of hydrogen-bond donors (Lipinski definition) is 1. The van der Waals surface area contributed by atoms with Crippen molar-refractivity contribution >= 4 is 23.6 Å². The Morgan fingerprint density at radius 2 is 2.15 bits per heavy atom. The molecule has 1 aliphatic heterocycles. The van der Waals surface area contributed by atoms with Crippen LogP contribution in [0.1, 0.15) is 10.9 Å². The fourth-order valence-corrected chi connectivity index (χ4v) is 3.35. The lowest BCUT2D eigenvalue weighted by Gasteiger charge is -2.24. The van der Waals surface area contributed by atoms with Gasteiger partial charge in [0.25, 0.3) is 0 Å². The summed E-state index contributed by atoms with van der Waals surface area (Å²) in [5.74, 6) is 0.120. The third kappa shape index (κ3) is 3.14. The summed E-state index contributed by atoms with van der Waals surface area (Å²) >= 11 is 1.64. The van der Waals surface area contributed by atoms with E-state index >= 15 is 0 Å². The van der Waals surface area contributed by atoms with Crippen LogP contribution in [0.5, 0.6) is 5.75 Å². The van der Waals surface area contributed by atoms with Crippen molar-refractivity contribution in [3.8, 4) is 5.75 Å². The molecule has 6 heteroatoms. The predicted molar refractivity (Wildman–Crippen MR) is 76.7 cm³/mol. The number of ether oxygens (including phenoxy) is 1. The van der Waals surface area contributed by atoms with Gasteiger partial charge in [0.2, 0.25) is 5.91 Å². The first kappa shape index (κ1) is 14.5. The highest BCUT2D eigenvalue weighted by molar-refractivity contribution is 7.99. The van der Waals surface area contributed by atoms with E-state index in [0.717, 1.165) is 29.2 Å². The number of carbonyl (C=O) groups excluding carboxylic acids is 1. The predicted octanol–water partition coefficient (Wildman–Crippen LogP) is 1.91. The van der Waals surface area contributed by atoms with Crippen molar-refractivity contribution < 1.29 is 19.4 Å². The first-order chi connectivity index (χ1) is 9.63. The largest absolute Gasteiger partial charge is 0.496 e. The van der Waals surface area contributed by atoms with E-state index in [2.05, 4.69) is 0 Å². The Morgan fingerprint density at radius 1 is 1.40 bits per heavy atom. The molecule has 0 bridgehead atoms. The van der Waals surface area contributed by atoms with Gasteiger partial charge in [-0.05, 0) is 6.07 Å². The monoisotopic (exact) mass is 293 g/mol. The van der Waals surface area contributed by atoms with E-state index in [0.29, 0.717) is 6.54 Å². The lowest BCUT2D eigenvalue weighted by atomic mass is 10.2. The topological polar surface area (TPSA) is 66.8 Å². The summed E-state index contributed by atoms with van der Waals surface area (Å²) in [6.07, 6.45) is 1.96. The maximum atomic E-state index is 12.1. The zero-order valence-electron chi connectivity index (χ0n) is 11.0. The summed E-state index contributed by atoms with van der Waals surface area (Å²) in [5.41, 5.74) is 0.926. The molecule has 1 atom stereocenters. The Hall–Kier alpha value is -1.95. The van der Waals surface area contributed by atoms with E-state index in [1.807, 2.05) is 24.3 Å². The minimum atomic E-state index is -1.13. The lowest BCUT2D eigenvalue weighted by Crippen LogP contribution is -2.29. The second-order valence-electron chi connectivity index (χ2n) is 4.17. The number of hydrogen-bond acceptors (Lipinski definition) is 4. The van der Waals surface area contributed by atoms with Gasteiger partial charge in [0.05, 0.1) is 7.11 Å². The molecule has 0 spiro atoms. The third-order valence-corrected chi connectivity index (χ3v) is 4.19. The second-order valence-corrected chi connectivity index (χ2v) is 5.36. The molecule has 0 aliphatic carbocycles. The van der Waals surface area contributed by atoms with Gasteiger partial charge >= 0.3 is 5.97 Å². The van der Waals surface area contributed by atoms with Crippen molar-refractivity contribution in [2.75, 3.05) is 19.4 Å². The van der Waals surface area contributed by atoms with Crippen LogP contribution in [0.4, 0.5) is 0 Å². The van der Waals surface area contributed by atoms with Crippen LogP contribution in [0.2, 0.25) is 0 Å². The lowest BCUT2D eigenvalue weighted by molar-refractivity contribution is -0.132. The molecule has 1 N–H and O–H groups in total. The smallest absolute Gasteiger partial charge is 0.328 e. The number of para-hydroxylation sites is 1. The number of amides is 1. The second kappa shape index (κ2) is 6.47. The van der Waals surface area contributed by atoms with E-state index in [4.69, 9.17) is 9.84 Å². The van der Waals surface area contributed by atoms with Crippen LogP contribution in [0, 0.1) is 0 Å². The molecule has 20 heavy (non-hydrogen) atoms. The molecule has 1 amide bonds. The number of rotatable bonds is 4. The number of nitrogens with zero attached hydrogens (tertiary/aromatic N) is 1. The van der Waals surface area contributed by atoms with Crippen LogP contribution in [0.15, 0.2) is 36.4 Å². The van der Waals surface area contributed by atoms with Crippen LogP contribution in [-0.4, -0.2) is 41.3 Å². The van der Waals surface area contributed by atoms with Gasteiger partial charge in [-0.15, -0.1) is 11.8 Å². The summed E-state index contributed by atoms with van der Waals surface area (Å²) in [6, 6.07) is 7.54. The molecule has 1 heterocycles. The first-order valence-electron chi connectivity index (χ1n) is 6.09. The highest BCUT2D eigenvalue weighted by atomic mass is 32.2. The molecule has 0 aromatic heterocycles. The van der Waals surface area contributed by atoms with E-state index < -0.39 is 5.97 Å². The Kier molecular flexibility index (Phi) is 4.68. The Morgan fingerprint density at radius 3 is 2.85 bits per heavy atom. The number of thioether (sulfide) groups is 1. The van der Waals surface area contributed by atoms with Gasteiger partial charge in [-0.1, -0.05) is 18.2 Å². The molecule has 106 valence electrons. The maximum absolute atomic E-state index is 12.1. The number of carboxylic acid groups (broad SMARTS) is 1. The average molecular weight is 293 g/mol. The molecule has 0 saturated carbocycles. The van der Waals surface area contributed by atoms with Crippen LogP contribution in [-0.2, 0) is 9.59 Å². The summed E-state index contributed by atoms with van der Waals surface area (Å²) in [5, 5.41) is 8.45. The summed E-state index contributed by atoms with van der Waals surface area (Å²) in [6.45, 7) is 0.593. The number of carbonyl (C=O) groups is 2. The van der Waals surface area contributed by atoms with Crippen molar-refractivity contribution in [1.29, 1.82) is 0 Å². The standard InChI is InChI=1S/C14H15NO4S/c1-19-11-5-3-2-4-10(11)14-15(8-9-20-14)12(16)6-7-13(17)18/h2-7,14H,8-9H2,1H3,(H,17,18). The number of aliphatic carboxylic acids is 1. The fraction of sp³-hybridized carbons (Fsp3) is 0.286. The first-order valence-corrected chi connectivity index (χ1v) is 7.14. The van der Waals surface area contributed by atoms with Crippen molar-refractivity contribution in [3.05, 3.63) is 42.0 Å². The Labute approximate surface area is 121 Å². The van der Waals surface area contributed by atoms with Gasteiger partial charge in [-0.25, -0.2) is 4.79 Å². The zero-order chi connectivity index (χ0) is 14.5. The molecular formula is C14H15NO4S. The van der Waals surface area contributed by atoms with Gasteiger partial charge in [0.1, 0.15) is 11.1 Å². The van der Waals surface area contributed by atoms with Gasteiger partial charge in [0.15, 0.2) is 0 Å². The molecule has 1 aromatic rings. The van der Waals surface area contributed by atoms with Gasteiger partial charge in [-0.3, -0.25) is 4.79 Å². The molecule has 2 rings (SSSR count). The summed E-state index contributed by atoms with van der Waals surface area (Å²) in [7, 11) is 1.59. The molecule has 1 unspecified atom stereocenters. The third-order valence-electron chi connectivity index (χ3n) is 2.95. The van der Waals surface area contributed by atoms with Gasteiger partial charge < -0.3 is 14.7 Å². The molecule has 0 radical (unpaired) electrons. The molecule has 1 fully saturated rings. The molecular weight excluding hydrogens is 278 g/mol. The van der Waals surface area contributed by atoms with E-state index in [-0.39, 0.29) is 11.3 Å². The summed E-state index contributed by atoms with van der Waals surface area (Å²) < 4.78 is 5.32. The van der Waals surface area contributed by atoms with E-state index in [1.165, 1.54) is 0 Å². The van der Waals surface area contributed by atoms with Crippen LogP contribution in [0.25, 0.3) is 0 Å². The Balaban J connectivity index is 2.23. The van der Waals surface area contributed by atoms with Crippen LogP contribution < -0.4 is 4.74 Å². The number of carboxylic acids is 1. The quantitative estimate of drug-likeness (QED) is 0.859. The highest BCUT2D eigenvalue weighted by Crippen LogP contribution is 2.41. The average Bonchev–Trinajstić information content (AvgIpc) is 2.93. The Bertz CT molecular complexity index is 544. The van der Waals surface area contributed by atoms with Crippen molar-refractivity contribution in [3.63, 3.8) is 0 Å². The summed E-state index contributed by atoms with van der Waals surface area (Å²) in [4.78, 5) is 24.2. The van der Waals surface area contributed by atoms with Crippen molar-refractivity contribution in [2.24, 2.45) is 0 Å². The van der Waals surface area contributed by atoms with Crippen LogP contribution in [0.3, 0.4) is 0 Å². The molecule has 1 aromatic carbocycles. The normalized spacial score (nSPS) is 18.4. The highest BCUT2D eigenvalue weighted by Gasteiger charge is 2.31. The fourth-order valence-electron chi connectivity index (χ4n) is 2.06. The number of methoxy groups -OCH3 is 1. The number of benzene rings is 1. The van der Waals surface area contributed by atoms with Gasteiger partial charge in [-0.2, -0.15) is 0 Å². The maximum Gasteiger partial charge on any atom is 0.328 e. The molecule has 1 saturated heterocycles. The minimum absolute atomic E-state index is 0.142. The van der Waals surface area contributed by atoms with Crippen molar-refractivity contribution in [1.82, 2.24) is 4.90 Å². The van der Waals surface area contributed by atoms with Crippen LogP contribution >= 0.6 is 11.8 Å². The van der Waals surface area contributed by atoms with Crippen molar-refractivity contribution in [2.45, 2.75) is 5.37 Å². The van der Waals surface area contributed by atoms with E-state index in [1.54, 1.807) is 23.8 Å². The molecule has 5 nitrogen and oxygen atoms in total. The zero-order valence-corrected chi connectivity index (χ0v) is 11.8. The van der Waals surface area contributed by atoms with Gasteiger partial charge in [0, 0.05) is 30.0 Å². The minimum Gasteiger partial charge on any atom is -0.496 e. The van der Waals surface area contributed by atoms with E-state index in [9.17, 15) is 9.59 Å².